The first-order valence-corrected chi connectivity index (χ1v) is 8.13. The minimum absolute atomic E-state index is 0.208. The molecule has 6 heteroatoms. The summed E-state index contributed by atoms with van der Waals surface area (Å²) in [7, 11) is 0. The SMILES string of the molecule is O=C(NCC1(C(=O)O)CCC1)NC1CCN2CCCCC12. The number of aliphatic carboxylic acids is 1. The second kappa shape index (κ2) is 5.83. The van der Waals surface area contributed by atoms with Gasteiger partial charge in [-0.1, -0.05) is 12.8 Å². The smallest absolute Gasteiger partial charge is 0.315 e. The standard InChI is InChI=1S/C15H25N3O3/c19-13(20)15(6-3-7-15)10-16-14(21)17-11-5-9-18-8-2-1-4-12(11)18/h11-12H,1-10H2,(H,19,20)(H2,16,17,21). The van der Waals surface area contributed by atoms with Gasteiger partial charge in [0, 0.05) is 25.2 Å². The molecular weight excluding hydrogens is 270 g/mol. The predicted molar refractivity (Wildman–Crippen MR) is 78.1 cm³/mol. The van der Waals surface area contributed by atoms with E-state index in [1.54, 1.807) is 0 Å². The van der Waals surface area contributed by atoms with Crippen molar-refractivity contribution in [1.29, 1.82) is 0 Å². The fraction of sp³-hybridized carbons (Fsp3) is 0.867. The summed E-state index contributed by atoms with van der Waals surface area (Å²) >= 11 is 0. The Balaban J connectivity index is 1.47. The molecule has 3 aliphatic rings. The zero-order valence-corrected chi connectivity index (χ0v) is 12.4. The van der Waals surface area contributed by atoms with E-state index in [4.69, 9.17) is 0 Å². The van der Waals surface area contributed by atoms with Crippen molar-refractivity contribution in [3.63, 3.8) is 0 Å². The van der Waals surface area contributed by atoms with Crippen LogP contribution in [-0.4, -0.2) is 53.7 Å². The fourth-order valence-electron chi connectivity index (χ4n) is 3.95. The van der Waals surface area contributed by atoms with Crippen LogP contribution in [-0.2, 0) is 4.79 Å². The van der Waals surface area contributed by atoms with Crippen molar-refractivity contribution in [2.24, 2.45) is 5.41 Å². The summed E-state index contributed by atoms with van der Waals surface area (Å²) in [5, 5.41) is 15.1. The van der Waals surface area contributed by atoms with E-state index in [-0.39, 0.29) is 18.6 Å². The average Bonchev–Trinajstić information content (AvgIpc) is 2.81. The van der Waals surface area contributed by atoms with Crippen molar-refractivity contribution in [2.45, 2.75) is 57.0 Å². The molecule has 0 aromatic heterocycles. The monoisotopic (exact) mass is 295 g/mol. The van der Waals surface area contributed by atoms with E-state index in [1.807, 2.05) is 0 Å². The lowest BCUT2D eigenvalue weighted by molar-refractivity contribution is -0.153. The molecule has 2 heterocycles. The van der Waals surface area contributed by atoms with E-state index in [0.29, 0.717) is 18.9 Å². The third-order valence-corrected chi connectivity index (χ3v) is 5.52. The van der Waals surface area contributed by atoms with E-state index < -0.39 is 11.4 Å². The molecule has 2 amide bonds. The van der Waals surface area contributed by atoms with Crippen LogP contribution in [0, 0.1) is 5.41 Å². The van der Waals surface area contributed by atoms with Crippen LogP contribution >= 0.6 is 0 Å². The maximum atomic E-state index is 12.0. The molecular formula is C15H25N3O3. The third kappa shape index (κ3) is 2.86. The van der Waals surface area contributed by atoms with E-state index in [2.05, 4.69) is 15.5 Å². The van der Waals surface area contributed by atoms with Gasteiger partial charge in [0.2, 0.25) is 0 Å². The van der Waals surface area contributed by atoms with Gasteiger partial charge >= 0.3 is 12.0 Å². The molecule has 0 aromatic rings. The lowest BCUT2D eigenvalue weighted by Gasteiger charge is -2.38. The lowest BCUT2D eigenvalue weighted by atomic mass is 9.69. The number of carbonyl (C=O) groups excluding carboxylic acids is 1. The fourth-order valence-corrected chi connectivity index (χ4v) is 3.95. The van der Waals surface area contributed by atoms with Crippen molar-refractivity contribution in [3.05, 3.63) is 0 Å². The third-order valence-electron chi connectivity index (χ3n) is 5.52. The van der Waals surface area contributed by atoms with Crippen LogP contribution in [0.25, 0.3) is 0 Å². The summed E-state index contributed by atoms with van der Waals surface area (Å²) in [6.45, 7) is 2.45. The van der Waals surface area contributed by atoms with Crippen LogP contribution in [0.5, 0.6) is 0 Å². The molecule has 0 radical (unpaired) electrons. The normalized spacial score (nSPS) is 31.0. The topological polar surface area (TPSA) is 81.7 Å². The summed E-state index contributed by atoms with van der Waals surface area (Å²) < 4.78 is 0. The van der Waals surface area contributed by atoms with Crippen LogP contribution < -0.4 is 10.6 Å². The summed E-state index contributed by atoms with van der Waals surface area (Å²) in [6, 6.07) is 0.481. The quantitative estimate of drug-likeness (QED) is 0.727. The number of carboxylic acids is 1. The molecule has 2 unspecified atom stereocenters. The highest BCUT2D eigenvalue weighted by Crippen LogP contribution is 2.40. The molecule has 118 valence electrons. The second-order valence-corrected chi connectivity index (χ2v) is 6.76. The molecule has 0 spiro atoms. The van der Waals surface area contributed by atoms with Gasteiger partial charge in [0.15, 0.2) is 0 Å². The first-order valence-electron chi connectivity index (χ1n) is 8.13. The Kier molecular flexibility index (Phi) is 4.06. The van der Waals surface area contributed by atoms with Crippen LogP contribution in [0.4, 0.5) is 4.79 Å². The number of amides is 2. The predicted octanol–water partition coefficient (Wildman–Crippen LogP) is 1.17. The number of nitrogens with zero attached hydrogens (tertiary/aromatic N) is 1. The van der Waals surface area contributed by atoms with Gasteiger partial charge in [0.25, 0.3) is 0 Å². The van der Waals surface area contributed by atoms with Crippen molar-refractivity contribution >= 4 is 12.0 Å². The summed E-state index contributed by atoms with van der Waals surface area (Å²) in [5.74, 6) is -0.784. The maximum absolute atomic E-state index is 12.0. The molecule has 6 nitrogen and oxygen atoms in total. The number of carbonyl (C=O) groups is 2. The Hall–Kier alpha value is -1.30. The van der Waals surface area contributed by atoms with Crippen LogP contribution in [0.1, 0.15) is 44.9 Å². The molecule has 3 fully saturated rings. The number of urea groups is 1. The van der Waals surface area contributed by atoms with Crippen LogP contribution in [0.2, 0.25) is 0 Å². The van der Waals surface area contributed by atoms with E-state index in [9.17, 15) is 14.7 Å². The van der Waals surface area contributed by atoms with Crippen molar-refractivity contribution in [2.75, 3.05) is 19.6 Å². The molecule has 3 N–H and O–H groups in total. The molecule has 3 rings (SSSR count). The first kappa shape index (κ1) is 14.6. The molecule has 21 heavy (non-hydrogen) atoms. The molecule has 2 atom stereocenters. The van der Waals surface area contributed by atoms with Gasteiger partial charge in [-0.05, 0) is 38.6 Å². The Morgan fingerprint density at radius 3 is 2.62 bits per heavy atom. The highest BCUT2D eigenvalue weighted by atomic mass is 16.4. The summed E-state index contributed by atoms with van der Waals surface area (Å²) in [6.07, 6.45) is 6.94. The van der Waals surface area contributed by atoms with Gasteiger partial charge in [-0.25, -0.2) is 4.79 Å². The summed E-state index contributed by atoms with van der Waals surface area (Å²) in [4.78, 5) is 25.8. The van der Waals surface area contributed by atoms with Gasteiger partial charge in [0.05, 0.1) is 5.41 Å². The first-order chi connectivity index (χ1) is 10.1. The van der Waals surface area contributed by atoms with Crippen LogP contribution in [0.3, 0.4) is 0 Å². The average molecular weight is 295 g/mol. The van der Waals surface area contributed by atoms with Crippen LogP contribution in [0.15, 0.2) is 0 Å². The Labute approximate surface area is 125 Å². The number of nitrogens with one attached hydrogen (secondary N) is 2. The number of carboxylic acid groups (broad SMARTS) is 1. The molecule has 2 aliphatic heterocycles. The van der Waals surface area contributed by atoms with Gasteiger partial charge in [-0.15, -0.1) is 0 Å². The molecule has 1 saturated carbocycles. The van der Waals surface area contributed by atoms with Crippen molar-refractivity contribution in [1.82, 2.24) is 15.5 Å². The number of piperidine rings is 1. The number of rotatable bonds is 4. The van der Waals surface area contributed by atoms with Gasteiger partial charge in [-0.2, -0.15) is 0 Å². The largest absolute Gasteiger partial charge is 0.481 e. The van der Waals surface area contributed by atoms with Crippen molar-refractivity contribution in [3.8, 4) is 0 Å². The number of hydrogen-bond acceptors (Lipinski definition) is 3. The van der Waals surface area contributed by atoms with E-state index >= 15 is 0 Å². The van der Waals surface area contributed by atoms with Crippen molar-refractivity contribution < 1.29 is 14.7 Å². The molecule has 0 aromatic carbocycles. The molecule has 2 saturated heterocycles. The van der Waals surface area contributed by atoms with E-state index in [0.717, 1.165) is 32.4 Å². The number of hydrogen-bond donors (Lipinski definition) is 3. The highest BCUT2D eigenvalue weighted by molar-refractivity contribution is 5.79. The molecule has 0 bridgehead atoms. The minimum Gasteiger partial charge on any atom is -0.481 e. The second-order valence-electron chi connectivity index (χ2n) is 6.76. The Morgan fingerprint density at radius 1 is 1.14 bits per heavy atom. The Bertz CT molecular complexity index is 422. The maximum Gasteiger partial charge on any atom is 0.315 e. The Morgan fingerprint density at radius 2 is 1.95 bits per heavy atom. The summed E-state index contributed by atoms with van der Waals surface area (Å²) in [5.41, 5.74) is -0.718. The zero-order chi connectivity index (χ0) is 14.9. The minimum atomic E-state index is -0.784. The number of fused-ring (bicyclic) bond motifs is 1. The molecule has 1 aliphatic carbocycles. The van der Waals surface area contributed by atoms with E-state index in [1.165, 1.54) is 12.8 Å². The van der Waals surface area contributed by atoms with Gasteiger partial charge < -0.3 is 15.7 Å². The highest BCUT2D eigenvalue weighted by Gasteiger charge is 2.44. The lowest BCUT2D eigenvalue weighted by Crippen LogP contribution is -2.53. The zero-order valence-electron chi connectivity index (χ0n) is 12.4. The van der Waals surface area contributed by atoms with Gasteiger partial charge in [0.1, 0.15) is 0 Å². The van der Waals surface area contributed by atoms with Gasteiger partial charge in [-0.3, -0.25) is 9.69 Å².